The minimum atomic E-state index is -0.173. The number of nitriles is 1. The normalized spacial score (nSPS) is 20.5. The standard InChI is InChI=1S/C20H31N3O/c1-4-6-7-14-24-19-10-8-18(9-11-19)20(15-21)23-13-12-22(5-2)16-17(23)3/h8-11,17,20H,4-7,12-14,16H2,1-3H3. The molecule has 4 heteroatoms. The van der Waals surface area contributed by atoms with Crippen LogP contribution < -0.4 is 4.74 Å². The van der Waals surface area contributed by atoms with E-state index >= 15 is 0 Å². The van der Waals surface area contributed by atoms with Crippen LogP contribution in [0.15, 0.2) is 24.3 Å². The second-order valence-electron chi connectivity index (χ2n) is 6.64. The van der Waals surface area contributed by atoms with E-state index in [1.54, 1.807) is 0 Å². The number of unbranched alkanes of at least 4 members (excludes halogenated alkanes) is 2. The Hall–Kier alpha value is -1.57. The van der Waals surface area contributed by atoms with Gasteiger partial charge in [-0.25, -0.2) is 0 Å². The van der Waals surface area contributed by atoms with Crippen LogP contribution in [0.3, 0.4) is 0 Å². The zero-order chi connectivity index (χ0) is 17.4. The first-order valence-corrected chi connectivity index (χ1v) is 9.30. The minimum Gasteiger partial charge on any atom is -0.494 e. The molecule has 0 saturated carbocycles. The van der Waals surface area contributed by atoms with Crippen molar-refractivity contribution in [3.63, 3.8) is 0 Å². The molecule has 2 rings (SSSR count). The lowest BCUT2D eigenvalue weighted by molar-refractivity contribution is 0.0683. The smallest absolute Gasteiger partial charge is 0.124 e. The number of piperazine rings is 1. The number of rotatable bonds is 8. The number of nitrogens with zero attached hydrogens (tertiary/aromatic N) is 3. The Morgan fingerprint density at radius 1 is 1.21 bits per heavy atom. The molecule has 1 fully saturated rings. The summed E-state index contributed by atoms with van der Waals surface area (Å²) in [6, 6.07) is 10.8. The maximum absolute atomic E-state index is 9.71. The number of hydrogen-bond acceptors (Lipinski definition) is 4. The number of hydrogen-bond donors (Lipinski definition) is 0. The van der Waals surface area contributed by atoms with Crippen LogP contribution >= 0.6 is 0 Å². The van der Waals surface area contributed by atoms with E-state index in [0.29, 0.717) is 6.04 Å². The van der Waals surface area contributed by atoms with Gasteiger partial charge in [0.1, 0.15) is 11.8 Å². The van der Waals surface area contributed by atoms with E-state index in [9.17, 15) is 5.26 Å². The van der Waals surface area contributed by atoms with E-state index in [4.69, 9.17) is 4.74 Å². The third kappa shape index (κ3) is 4.96. The van der Waals surface area contributed by atoms with E-state index in [1.807, 2.05) is 24.3 Å². The number of benzene rings is 1. The van der Waals surface area contributed by atoms with Crippen LogP contribution in [0.2, 0.25) is 0 Å². The minimum absolute atomic E-state index is 0.173. The third-order valence-corrected chi connectivity index (χ3v) is 4.88. The molecule has 1 aliphatic rings. The fourth-order valence-corrected chi connectivity index (χ4v) is 3.35. The molecule has 0 radical (unpaired) electrons. The van der Waals surface area contributed by atoms with Gasteiger partial charge in [-0.15, -0.1) is 0 Å². The molecule has 24 heavy (non-hydrogen) atoms. The average Bonchev–Trinajstić information content (AvgIpc) is 2.61. The van der Waals surface area contributed by atoms with Crippen molar-refractivity contribution in [2.24, 2.45) is 0 Å². The summed E-state index contributed by atoms with van der Waals surface area (Å²) in [4.78, 5) is 4.77. The fourth-order valence-electron chi connectivity index (χ4n) is 3.35. The van der Waals surface area contributed by atoms with Crippen molar-refractivity contribution < 1.29 is 4.74 Å². The third-order valence-electron chi connectivity index (χ3n) is 4.88. The van der Waals surface area contributed by atoms with Crippen LogP contribution in [-0.2, 0) is 0 Å². The van der Waals surface area contributed by atoms with Crippen LogP contribution in [0.1, 0.15) is 51.6 Å². The van der Waals surface area contributed by atoms with Gasteiger partial charge in [-0.2, -0.15) is 5.26 Å². The van der Waals surface area contributed by atoms with Crippen molar-refractivity contribution in [2.75, 3.05) is 32.8 Å². The van der Waals surface area contributed by atoms with Gasteiger partial charge in [0.2, 0.25) is 0 Å². The molecular weight excluding hydrogens is 298 g/mol. The van der Waals surface area contributed by atoms with Gasteiger partial charge in [-0.05, 0) is 37.6 Å². The quantitative estimate of drug-likeness (QED) is 0.679. The molecule has 1 aromatic rings. The van der Waals surface area contributed by atoms with Gasteiger partial charge in [0.15, 0.2) is 0 Å². The zero-order valence-corrected chi connectivity index (χ0v) is 15.4. The monoisotopic (exact) mass is 329 g/mol. The summed E-state index contributed by atoms with van der Waals surface area (Å²) in [6.07, 6.45) is 3.50. The highest BCUT2D eigenvalue weighted by molar-refractivity contribution is 5.32. The maximum atomic E-state index is 9.71. The largest absolute Gasteiger partial charge is 0.494 e. The van der Waals surface area contributed by atoms with Gasteiger partial charge in [0, 0.05) is 25.7 Å². The van der Waals surface area contributed by atoms with Gasteiger partial charge in [0.05, 0.1) is 12.7 Å². The molecule has 1 aliphatic heterocycles. The highest BCUT2D eigenvalue weighted by Gasteiger charge is 2.29. The SMILES string of the molecule is CCCCCOc1ccc(C(C#N)N2CCN(CC)CC2C)cc1. The van der Waals surface area contributed by atoms with Crippen molar-refractivity contribution in [1.82, 2.24) is 9.80 Å². The number of ether oxygens (including phenoxy) is 1. The Balaban J connectivity index is 1.97. The highest BCUT2D eigenvalue weighted by atomic mass is 16.5. The summed E-state index contributed by atoms with van der Waals surface area (Å²) < 4.78 is 5.77. The molecule has 1 heterocycles. The second-order valence-corrected chi connectivity index (χ2v) is 6.64. The van der Waals surface area contributed by atoms with E-state index < -0.39 is 0 Å². The van der Waals surface area contributed by atoms with Gasteiger partial charge < -0.3 is 9.64 Å². The molecular formula is C20H31N3O. The molecule has 2 atom stereocenters. The molecule has 0 aromatic heterocycles. The summed E-state index contributed by atoms with van der Waals surface area (Å²) >= 11 is 0. The Kier molecular flexibility index (Phi) is 7.55. The molecule has 1 saturated heterocycles. The van der Waals surface area contributed by atoms with E-state index in [0.717, 1.165) is 50.5 Å². The predicted molar refractivity (Wildman–Crippen MR) is 98.1 cm³/mol. The molecule has 2 unspecified atom stereocenters. The van der Waals surface area contributed by atoms with Crippen molar-refractivity contribution in [3.05, 3.63) is 29.8 Å². The lowest BCUT2D eigenvalue weighted by Crippen LogP contribution is -2.52. The lowest BCUT2D eigenvalue weighted by atomic mass is 10.0. The van der Waals surface area contributed by atoms with Crippen LogP contribution in [0.25, 0.3) is 0 Å². The molecule has 0 amide bonds. The zero-order valence-electron chi connectivity index (χ0n) is 15.4. The summed E-state index contributed by atoms with van der Waals surface area (Å²) in [6.45, 7) is 11.5. The second kappa shape index (κ2) is 9.66. The molecule has 0 aliphatic carbocycles. The van der Waals surface area contributed by atoms with Crippen LogP contribution in [0.4, 0.5) is 0 Å². The fraction of sp³-hybridized carbons (Fsp3) is 0.650. The Morgan fingerprint density at radius 3 is 2.54 bits per heavy atom. The Morgan fingerprint density at radius 2 is 1.96 bits per heavy atom. The van der Waals surface area contributed by atoms with Gasteiger partial charge in [0.25, 0.3) is 0 Å². The van der Waals surface area contributed by atoms with E-state index in [2.05, 4.69) is 36.6 Å². The van der Waals surface area contributed by atoms with Crippen LogP contribution in [0.5, 0.6) is 5.75 Å². The summed E-state index contributed by atoms with van der Waals surface area (Å²) in [5.41, 5.74) is 1.07. The molecule has 4 nitrogen and oxygen atoms in total. The Bertz CT molecular complexity index is 523. The van der Waals surface area contributed by atoms with Crippen LogP contribution in [-0.4, -0.2) is 48.6 Å². The Labute approximate surface area is 147 Å². The van der Waals surface area contributed by atoms with Crippen molar-refractivity contribution in [2.45, 2.75) is 52.1 Å². The summed E-state index contributed by atoms with van der Waals surface area (Å²) in [7, 11) is 0. The van der Waals surface area contributed by atoms with Gasteiger partial charge >= 0.3 is 0 Å². The summed E-state index contributed by atoms with van der Waals surface area (Å²) in [5, 5.41) is 9.71. The first-order chi connectivity index (χ1) is 11.7. The number of likely N-dealkylation sites (N-methyl/N-ethyl adjacent to an activating group) is 1. The summed E-state index contributed by atoms with van der Waals surface area (Å²) in [5.74, 6) is 0.899. The molecule has 132 valence electrons. The highest BCUT2D eigenvalue weighted by Crippen LogP contribution is 2.26. The molecule has 1 aromatic carbocycles. The maximum Gasteiger partial charge on any atom is 0.124 e. The molecule has 0 N–H and O–H groups in total. The van der Waals surface area contributed by atoms with Gasteiger partial charge in [-0.3, -0.25) is 4.90 Å². The van der Waals surface area contributed by atoms with Crippen molar-refractivity contribution in [1.29, 1.82) is 5.26 Å². The molecule has 0 spiro atoms. The van der Waals surface area contributed by atoms with Crippen molar-refractivity contribution >= 4 is 0 Å². The van der Waals surface area contributed by atoms with Gasteiger partial charge in [-0.1, -0.05) is 38.8 Å². The lowest BCUT2D eigenvalue weighted by Gasteiger charge is -2.41. The predicted octanol–water partition coefficient (Wildman–Crippen LogP) is 3.85. The first-order valence-electron chi connectivity index (χ1n) is 9.30. The topological polar surface area (TPSA) is 39.5 Å². The van der Waals surface area contributed by atoms with E-state index in [1.165, 1.54) is 12.8 Å². The van der Waals surface area contributed by atoms with Crippen molar-refractivity contribution in [3.8, 4) is 11.8 Å². The van der Waals surface area contributed by atoms with Crippen LogP contribution in [0, 0.1) is 11.3 Å². The average molecular weight is 329 g/mol. The first kappa shape index (κ1) is 18.8. The molecule has 0 bridgehead atoms. The van der Waals surface area contributed by atoms with E-state index in [-0.39, 0.29) is 6.04 Å².